The van der Waals surface area contributed by atoms with Crippen LogP contribution in [-0.2, 0) is 7.05 Å². The van der Waals surface area contributed by atoms with Gasteiger partial charge >= 0.3 is 0 Å². The van der Waals surface area contributed by atoms with Gasteiger partial charge in [0.05, 0.1) is 13.2 Å². The van der Waals surface area contributed by atoms with Crippen molar-refractivity contribution in [3.05, 3.63) is 106 Å². The van der Waals surface area contributed by atoms with Gasteiger partial charge in [0.2, 0.25) is 11.7 Å². The Morgan fingerprint density at radius 3 is 2.09 bits per heavy atom. The van der Waals surface area contributed by atoms with Crippen molar-refractivity contribution in [2.24, 2.45) is 7.05 Å². The lowest BCUT2D eigenvalue weighted by atomic mass is 9.97. The summed E-state index contributed by atoms with van der Waals surface area (Å²) >= 11 is 0. The average Bonchev–Trinajstić information content (AvgIpc) is 3.34. The SMILES string of the molecule is CCN(c1nc(-c2nc3ccccc3o2)c(OC)c(=O)n1C)C(c1ccccc1)c1ccccc1. The number of hydrogen-bond acceptors (Lipinski definition) is 6. The van der Waals surface area contributed by atoms with Crippen LogP contribution >= 0.6 is 0 Å². The van der Waals surface area contributed by atoms with E-state index >= 15 is 0 Å². The molecule has 0 bridgehead atoms. The monoisotopic (exact) mass is 466 g/mol. The van der Waals surface area contributed by atoms with Crippen molar-refractivity contribution >= 4 is 17.0 Å². The normalized spacial score (nSPS) is 11.2. The summed E-state index contributed by atoms with van der Waals surface area (Å²) in [6.07, 6.45) is 0. The van der Waals surface area contributed by atoms with Crippen molar-refractivity contribution in [1.29, 1.82) is 0 Å². The molecule has 7 heteroatoms. The fourth-order valence-corrected chi connectivity index (χ4v) is 4.39. The minimum Gasteiger partial charge on any atom is -0.489 e. The third-order valence-electron chi connectivity index (χ3n) is 6.07. The molecule has 0 saturated heterocycles. The van der Waals surface area contributed by atoms with Crippen molar-refractivity contribution in [3.63, 3.8) is 0 Å². The van der Waals surface area contributed by atoms with Crippen molar-refractivity contribution in [2.45, 2.75) is 13.0 Å². The summed E-state index contributed by atoms with van der Waals surface area (Å²) in [6, 6.07) is 27.7. The predicted octanol–water partition coefficient (Wildman–Crippen LogP) is 5.21. The maximum Gasteiger partial charge on any atom is 0.297 e. The second kappa shape index (κ2) is 9.46. The second-order valence-corrected chi connectivity index (χ2v) is 8.15. The van der Waals surface area contributed by atoms with Crippen LogP contribution in [-0.4, -0.2) is 28.2 Å². The first-order valence-electron chi connectivity index (χ1n) is 11.5. The number of aromatic nitrogens is 3. The van der Waals surface area contributed by atoms with E-state index in [1.807, 2.05) is 67.6 Å². The maximum absolute atomic E-state index is 13.4. The van der Waals surface area contributed by atoms with E-state index in [0.717, 1.165) is 11.1 Å². The zero-order chi connectivity index (χ0) is 24.4. The van der Waals surface area contributed by atoms with Gasteiger partial charge in [0.25, 0.3) is 11.4 Å². The molecule has 5 aromatic rings. The number of methoxy groups -OCH3 is 1. The van der Waals surface area contributed by atoms with Gasteiger partial charge < -0.3 is 14.1 Å². The topological polar surface area (TPSA) is 73.4 Å². The first-order chi connectivity index (χ1) is 17.1. The van der Waals surface area contributed by atoms with Crippen LogP contribution < -0.4 is 15.2 Å². The zero-order valence-electron chi connectivity index (χ0n) is 19.9. The molecule has 0 N–H and O–H groups in total. The molecule has 0 fully saturated rings. The van der Waals surface area contributed by atoms with Crippen LogP contribution in [0.15, 0.2) is 94.1 Å². The number of nitrogens with zero attached hydrogens (tertiary/aromatic N) is 4. The van der Waals surface area contributed by atoms with Gasteiger partial charge in [-0.1, -0.05) is 72.8 Å². The molecule has 2 heterocycles. The number of anilines is 1. The van der Waals surface area contributed by atoms with E-state index in [-0.39, 0.29) is 28.9 Å². The lowest BCUT2D eigenvalue weighted by Crippen LogP contribution is -2.36. The van der Waals surface area contributed by atoms with E-state index in [4.69, 9.17) is 14.1 Å². The summed E-state index contributed by atoms with van der Waals surface area (Å²) in [5, 5.41) is 0. The van der Waals surface area contributed by atoms with E-state index in [9.17, 15) is 4.79 Å². The van der Waals surface area contributed by atoms with Crippen LogP contribution in [0, 0.1) is 0 Å². The lowest BCUT2D eigenvalue weighted by molar-refractivity contribution is 0.401. The highest BCUT2D eigenvalue weighted by Gasteiger charge is 2.28. The van der Waals surface area contributed by atoms with Crippen LogP contribution in [0.1, 0.15) is 24.1 Å². The summed E-state index contributed by atoms with van der Waals surface area (Å²) in [4.78, 5) is 25.1. The Hall–Kier alpha value is -4.39. The first-order valence-corrected chi connectivity index (χ1v) is 11.5. The van der Waals surface area contributed by atoms with E-state index in [1.165, 1.54) is 11.7 Å². The number of ether oxygens (including phenoxy) is 1. The number of hydrogen-bond donors (Lipinski definition) is 0. The van der Waals surface area contributed by atoms with Gasteiger partial charge in [0.1, 0.15) is 5.52 Å². The minimum absolute atomic E-state index is 0.0924. The molecular formula is C28H26N4O3. The smallest absolute Gasteiger partial charge is 0.297 e. The van der Waals surface area contributed by atoms with Crippen LogP contribution in [0.2, 0.25) is 0 Å². The Kier molecular flexibility index (Phi) is 6.06. The molecule has 0 aliphatic carbocycles. The second-order valence-electron chi connectivity index (χ2n) is 8.15. The van der Waals surface area contributed by atoms with Crippen LogP contribution in [0.3, 0.4) is 0 Å². The Balaban J connectivity index is 1.73. The summed E-state index contributed by atoms with van der Waals surface area (Å²) in [5.41, 5.74) is 3.45. The van der Waals surface area contributed by atoms with Gasteiger partial charge in [-0.2, -0.15) is 0 Å². The number of para-hydroxylation sites is 2. The fourth-order valence-electron chi connectivity index (χ4n) is 4.39. The molecule has 0 aliphatic rings. The summed E-state index contributed by atoms with van der Waals surface area (Å²) < 4.78 is 13.0. The third-order valence-corrected chi connectivity index (χ3v) is 6.07. The molecule has 5 rings (SSSR count). The van der Waals surface area contributed by atoms with Crippen molar-refractivity contribution in [3.8, 4) is 17.3 Å². The Labute approximate surface area is 203 Å². The lowest BCUT2D eigenvalue weighted by Gasteiger charge is -2.33. The zero-order valence-corrected chi connectivity index (χ0v) is 19.9. The van der Waals surface area contributed by atoms with Crippen LogP contribution in [0.25, 0.3) is 22.7 Å². The van der Waals surface area contributed by atoms with Gasteiger partial charge in [-0.15, -0.1) is 0 Å². The van der Waals surface area contributed by atoms with Crippen molar-refractivity contribution in [1.82, 2.24) is 14.5 Å². The minimum atomic E-state index is -0.312. The molecular weight excluding hydrogens is 440 g/mol. The van der Waals surface area contributed by atoms with Gasteiger partial charge in [-0.25, -0.2) is 9.97 Å². The van der Waals surface area contributed by atoms with Crippen molar-refractivity contribution in [2.75, 3.05) is 18.6 Å². The Morgan fingerprint density at radius 2 is 1.51 bits per heavy atom. The predicted molar refractivity (Wildman–Crippen MR) is 137 cm³/mol. The highest BCUT2D eigenvalue weighted by atomic mass is 16.5. The highest BCUT2D eigenvalue weighted by molar-refractivity contribution is 5.76. The molecule has 0 amide bonds. The summed E-state index contributed by atoms with van der Waals surface area (Å²) in [5.74, 6) is 0.831. The molecule has 7 nitrogen and oxygen atoms in total. The molecule has 0 unspecified atom stereocenters. The van der Waals surface area contributed by atoms with E-state index in [0.29, 0.717) is 23.6 Å². The molecule has 0 saturated carbocycles. The van der Waals surface area contributed by atoms with Gasteiger partial charge in [-0.3, -0.25) is 9.36 Å². The maximum atomic E-state index is 13.4. The molecule has 0 spiro atoms. The van der Waals surface area contributed by atoms with E-state index in [1.54, 1.807) is 7.05 Å². The number of fused-ring (bicyclic) bond motifs is 1. The van der Waals surface area contributed by atoms with E-state index in [2.05, 4.69) is 34.1 Å². The highest BCUT2D eigenvalue weighted by Crippen LogP contribution is 2.34. The number of rotatable bonds is 7. The summed E-state index contributed by atoms with van der Waals surface area (Å²) in [6.45, 7) is 2.66. The third kappa shape index (κ3) is 4.05. The van der Waals surface area contributed by atoms with Crippen LogP contribution in [0.5, 0.6) is 5.75 Å². The molecule has 176 valence electrons. The molecule has 0 atom stereocenters. The molecule has 35 heavy (non-hydrogen) atoms. The van der Waals surface area contributed by atoms with Crippen molar-refractivity contribution < 1.29 is 9.15 Å². The van der Waals surface area contributed by atoms with Gasteiger partial charge in [0.15, 0.2) is 11.3 Å². The van der Waals surface area contributed by atoms with Gasteiger partial charge in [0, 0.05) is 13.6 Å². The average molecular weight is 467 g/mol. The van der Waals surface area contributed by atoms with Crippen LogP contribution in [0.4, 0.5) is 5.95 Å². The standard InChI is InChI=1S/C28H26N4O3/c1-4-32(24(19-13-7-5-8-14-19)20-15-9-6-10-16-20)28-30-23(25(34-3)27(33)31(28)2)26-29-21-17-11-12-18-22(21)35-26/h5-18,24H,4H2,1-3H3. The Morgan fingerprint density at radius 1 is 0.914 bits per heavy atom. The Bertz CT molecular complexity index is 1440. The number of oxazole rings is 1. The largest absolute Gasteiger partial charge is 0.489 e. The molecule has 0 aliphatic heterocycles. The quantitative estimate of drug-likeness (QED) is 0.328. The first kappa shape index (κ1) is 22.4. The fraction of sp³-hybridized carbons (Fsp3) is 0.179. The molecule has 3 aromatic carbocycles. The number of benzene rings is 3. The van der Waals surface area contributed by atoms with Gasteiger partial charge in [-0.05, 0) is 30.2 Å². The summed E-state index contributed by atoms with van der Waals surface area (Å²) in [7, 11) is 3.16. The van der Waals surface area contributed by atoms with E-state index < -0.39 is 0 Å². The molecule has 0 radical (unpaired) electrons. The molecule has 2 aromatic heterocycles.